The van der Waals surface area contributed by atoms with Crippen LogP contribution in [0, 0.1) is 0 Å². The minimum atomic E-state index is -0.565. The number of hydrogen-bond acceptors (Lipinski definition) is 3. The summed E-state index contributed by atoms with van der Waals surface area (Å²) in [4.78, 5) is 14.8. The third-order valence-electron chi connectivity index (χ3n) is 5.68. The Labute approximate surface area is 183 Å². The maximum absolute atomic E-state index is 13.0. The fourth-order valence-corrected chi connectivity index (χ4v) is 3.85. The van der Waals surface area contributed by atoms with Crippen LogP contribution < -0.4 is 4.74 Å². The van der Waals surface area contributed by atoms with Gasteiger partial charge in [-0.15, -0.1) is 0 Å². The van der Waals surface area contributed by atoms with Gasteiger partial charge in [-0.2, -0.15) is 0 Å². The van der Waals surface area contributed by atoms with Crippen molar-refractivity contribution in [3.63, 3.8) is 0 Å². The van der Waals surface area contributed by atoms with Crippen LogP contribution in [0.15, 0.2) is 79.4 Å². The highest BCUT2D eigenvalue weighted by Crippen LogP contribution is 2.29. The molecule has 0 bridgehead atoms. The van der Waals surface area contributed by atoms with E-state index in [1.54, 1.807) is 11.0 Å². The molecule has 4 nitrogen and oxygen atoms in total. The van der Waals surface area contributed by atoms with Gasteiger partial charge in [0.15, 0.2) is 0 Å². The predicted molar refractivity (Wildman–Crippen MR) is 123 cm³/mol. The summed E-state index contributed by atoms with van der Waals surface area (Å²) in [6.07, 6.45) is 2.64. The average molecular weight is 414 g/mol. The lowest BCUT2D eigenvalue weighted by atomic mass is 9.99. The summed E-state index contributed by atoms with van der Waals surface area (Å²) < 4.78 is 5.88. The SMILES string of the molecule is C=Cc1ccc(C(=O)N2CCOc3ccc([C@@H](O)CCc4ccccc4)cc3C2)cc1. The van der Waals surface area contributed by atoms with Gasteiger partial charge in [-0.25, -0.2) is 0 Å². The summed E-state index contributed by atoms with van der Waals surface area (Å²) in [5, 5.41) is 10.7. The van der Waals surface area contributed by atoms with Gasteiger partial charge in [0.05, 0.1) is 12.6 Å². The topological polar surface area (TPSA) is 49.8 Å². The van der Waals surface area contributed by atoms with Gasteiger partial charge in [0, 0.05) is 17.7 Å². The Morgan fingerprint density at radius 2 is 1.87 bits per heavy atom. The van der Waals surface area contributed by atoms with Crippen molar-refractivity contribution in [1.29, 1.82) is 0 Å². The fraction of sp³-hybridized carbons (Fsp3) is 0.222. The number of carbonyl (C=O) groups is 1. The second kappa shape index (κ2) is 9.63. The van der Waals surface area contributed by atoms with Crippen molar-refractivity contribution >= 4 is 12.0 Å². The predicted octanol–water partition coefficient (Wildman–Crippen LogP) is 5.03. The average Bonchev–Trinajstić information content (AvgIpc) is 3.04. The molecule has 158 valence electrons. The van der Waals surface area contributed by atoms with E-state index in [1.807, 2.05) is 60.7 Å². The first-order valence-corrected chi connectivity index (χ1v) is 10.6. The van der Waals surface area contributed by atoms with Crippen LogP contribution in [-0.2, 0) is 13.0 Å². The number of carbonyl (C=O) groups excluding carboxylic acids is 1. The van der Waals surface area contributed by atoms with Gasteiger partial charge in [-0.05, 0) is 53.8 Å². The molecule has 1 amide bonds. The van der Waals surface area contributed by atoms with E-state index in [-0.39, 0.29) is 5.91 Å². The quantitative estimate of drug-likeness (QED) is 0.617. The zero-order valence-electron chi connectivity index (χ0n) is 17.5. The lowest BCUT2D eigenvalue weighted by molar-refractivity contribution is 0.0733. The van der Waals surface area contributed by atoms with Crippen LogP contribution in [0.2, 0.25) is 0 Å². The highest BCUT2D eigenvalue weighted by Gasteiger charge is 2.22. The van der Waals surface area contributed by atoms with Gasteiger partial charge in [-0.1, -0.05) is 61.2 Å². The lowest BCUT2D eigenvalue weighted by Gasteiger charge is -2.20. The first-order valence-electron chi connectivity index (χ1n) is 10.6. The van der Waals surface area contributed by atoms with Crippen LogP contribution in [0.4, 0.5) is 0 Å². The molecule has 0 aromatic heterocycles. The Morgan fingerprint density at radius 3 is 2.61 bits per heavy atom. The Morgan fingerprint density at radius 1 is 1.10 bits per heavy atom. The number of benzene rings is 3. The van der Waals surface area contributed by atoms with Crippen molar-refractivity contribution in [2.75, 3.05) is 13.2 Å². The van der Waals surface area contributed by atoms with Crippen LogP contribution >= 0.6 is 0 Å². The van der Waals surface area contributed by atoms with Gasteiger partial charge in [0.2, 0.25) is 0 Å². The molecule has 4 rings (SSSR count). The summed E-state index contributed by atoms with van der Waals surface area (Å²) in [6, 6.07) is 23.4. The zero-order chi connectivity index (χ0) is 21.6. The Balaban J connectivity index is 1.48. The minimum absolute atomic E-state index is 0.0258. The van der Waals surface area contributed by atoms with E-state index in [1.165, 1.54) is 5.56 Å². The summed E-state index contributed by atoms with van der Waals surface area (Å²) in [7, 11) is 0. The molecule has 3 aromatic carbocycles. The zero-order valence-corrected chi connectivity index (χ0v) is 17.5. The molecule has 1 heterocycles. The number of aliphatic hydroxyl groups excluding tert-OH is 1. The Kier molecular flexibility index (Phi) is 6.48. The maximum atomic E-state index is 13.0. The number of ether oxygens (including phenoxy) is 1. The molecule has 0 saturated carbocycles. The third-order valence-corrected chi connectivity index (χ3v) is 5.68. The molecule has 4 heteroatoms. The Hall–Kier alpha value is -3.37. The van der Waals surface area contributed by atoms with Crippen LogP contribution in [0.5, 0.6) is 5.75 Å². The van der Waals surface area contributed by atoms with E-state index >= 15 is 0 Å². The number of aliphatic hydroxyl groups is 1. The number of amides is 1. The molecular formula is C27H27NO3. The second-order valence-corrected chi connectivity index (χ2v) is 7.81. The largest absolute Gasteiger partial charge is 0.491 e. The van der Waals surface area contributed by atoms with E-state index in [2.05, 4.69) is 18.7 Å². The van der Waals surface area contributed by atoms with Crippen LogP contribution in [0.1, 0.15) is 45.1 Å². The maximum Gasteiger partial charge on any atom is 0.254 e. The molecule has 1 aliphatic heterocycles. The van der Waals surface area contributed by atoms with Crippen molar-refractivity contribution in [3.05, 3.63) is 107 Å². The second-order valence-electron chi connectivity index (χ2n) is 7.81. The molecular weight excluding hydrogens is 386 g/mol. The van der Waals surface area contributed by atoms with Crippen molar-refractivity contribution in [3.8, 4) is 5.75 Å². The monoisotopic (exact) mass is 413 g/mol. The molecule has 0 spiro atoms. The van der Waals surface area contributed by atoms with Gasteiger partial charge >= 0.3 is 0 Å². The van der Waals surface area contributed by atoms with E-state index in [0.29, 0.717) is 31.7 Å². The third kappa shape index (κ3) is 5.04. The van der Waals surface area contributed by atoms with Gasteiger partial charge in [0.25, 0.3) is 5.91 Å². The molecule has 31 heavy (non-hydrogen) atoms. The first-order chi connectivity index (χ1) is 15.1. The molecule has 0 aliphatic carbocycles. The van der Waals surface area contributed by atoms with Crippen LogP contribution in [0.25, 0.3) is 6.08 Å². The molecule has 0 unspecified atom stereocenters. The molecule has 0 saturated heterocycles. The van der Waals surface area contributed by atoms with E-state index in [9.17, 15) is 9.90 Å². The summed E-state index contributed by atoms with van der Waals surface area (Å²) in [6.45, 7) is 5.17. The van der Waals surface area contributed by atoms with E-state index in [0.717, 1.165) is 28.9 Å². The molecule has 1 N–H and O–H groups in total. The molecule has 0 radical (unpaired) electrons. The lowest BCUT2D eigenvalue weighted by Crippen LogP contribution is -2.32. The van der Waals surface area contributed by atoms with Gasteiger partial charge in [-0.3, -0.25) is 4.79 Å². The molecule has 0 fully saturated rings. The van der Waals surface area contributed by atoms with Crippen molar-refractivity contribution < 1.29 is 14.6 Å². The summed E-state index contributed by atoms with van der Waals surface area (Å²) in [5.41, 5.74) is 4.61. The van der Waals surface area contributed by atoms with Crippen molar-refractivity contribution in [2.45, 2.75) is 25.5 Å². The van der Waals surface area contributed by atoms with Crippen LogP contribution in [0.3, 0.4) is 0 Å². The van der Waals surface area contributed by atoms with Gasteiger partial charge < -0.3 is 14.7 Å². The van der Waals surface area contributed by atoms with Crippen LogP contribution in [-0.4, -0.2) is 29.1 Å². The highest BCUT2D eigenvalue weighted by atomic mass is 16.5. The minimum Gasteiger partial charge on any atom is -0.491 e. The van der Waals surface area contributed by atoms with Crippen molar-refractivity contribution in [1.82, 2.24) is 4.90 Å². The number of fused-ring (bicyclic) bond motifs is 1. The van der Waals surface area contributed by atoms with E-state index in [4.69, 9.17) is 4.74 Å². The standard InChI is InChI=1S/C27H27NO3/c1-2-20-8-11-22(12-9-20)27(30)28-16-17-31-26-15-13-23(18-24(26)19-28)25(29)14-10-21-6-4-3-5-7-21/h2-9,11-13,15,18,25,29H,1,10,14,16-17,19H2/t25-/m0/s1. The highest BCUT2D eigenvalue weighted by molar-refractivity contribution is 5.94. The fourth-order valence-electron chi connectivity index (χ4n) is 3.85. The van der Waals surface area contributed by atoms with Gasteiger partial charge in [0.1, 0.15) is 12.4 Å². The summed E-state index contributed by atoms with van der Waals surface area (Å²) >= 11 is 0. The summed E-state index contributed by atoms with van der Waals surface area (Å²) in [5.74, 6) is 0.749. The van der Waals surface area contributed by atoms with Crippen molar-refractivity contribution in [2.24, 2.45) is 0 Å². The first kappa shape index (κ1) is 20.9. The number of aryl methyl sites for hydroxylation is 1. The molecule has 1 aliphatic rings. The number of nitrogens with zero attached hydrogens (tertiary/aromatic N) is 1. The van der Waals surface area contributed by atoms with E-state index < -0.39 is 6.10 Å². The number of rotatable bonds is 6. The molecule has 1 atom stereocenters. The number of hydrogen-bond donors (Lipinski definition) is 1. The molecule has 3 aromatic rings. The Bertz CT molecular complexity index is 1040. The smallest absolute Gasteiger partial charge is 0.254 e. The normalized spacial score (nSPS) is 14.2.